The standard InChI is InChI=1S/C20H13N5O7S/c1-31-14-5-7-16-17(10-14)33-20(22-16)23(21-11-15-6-8-18(32-15)25(29)30)19(26)12-3-2-4-13(9-12)24(27)28/h2-11H,1H3/b21-11+. The zero-order valence-electron chi connectivity index (χ0n) is 16.8. The van der Waals surface area contributed by atoms with Crippen molar-refractivity contribution in [3.63, 3.8) is 0 Å². The van der Waals surface area contributed by atoms with E-state index in [1.165, 1.54) is 31.4 Å². The predicted molar refractivity (Wildman–Crippen MR) is 119 cm³/mol. The van der Waals surface area contributed by atoms with Crippen molar-refractivity contribution in [3.8, 4) is 5.75 Å². The number of nitrogens with zero attached hydrogens (tertiary/aromatic N) is 5. The Kier molecular flexibility index (Phi) is 5.78. The van der Waals surface area contributed by atoms with Crippen LogP contribution < -0.4 is 9.75 Å². The van der Waals surface area contributed by atoms with Gasteiger partial charge in [0, 0.05) is 17.7 Å². The van der Waals surface area contributed by atoms with Crippen molar-refractivity contribution < 1.29 is 23.8 Å². The highest BCUT2D eigenvalue weighted by Crippen LogP contribution is 2.32. The summed E-state index contributed by atoms with van der Waals surface area (Å²) in [5.74, 6) is -0.552. The molecule has 12 nitrogen and oxygen atoms in total. The monoisotopic (exact) mass is 467 g/mol. The van der Waals surface area contributed by atoms with Gasteiger partial charge < -0.3 is 9.15 Å². The number of fused-ring (bicyclic) bond motifs is 1. The van der Waals surface area contributed by atoms with Gasteiger partial charge in [-0.25, -0.2) is 4.98 Å². The number of methoxy groups -OCH3 is 1. The summed E-state index contributed by atoms with van der Waals surface area (Å²) in [7, 11) is 1.52. The molecule has 33 heavy (non-hydrogen) atoms. The number of furan rings is 1. The number of thiazole rings is 1. The summed E-state index contributed by atoms with van der Waals surface area (Å²) >= 11 is 1.14. The number of nitro groups is 2. The van der Waals surface area contributed by atoms with Gasteiger partial charge in [-0.2, -0.15) is 10.1 Å². The number of nitro benzene ring substituents is 1. The van der Waals surface area contributed by atoms with Crippen LogP contribution in [0.2, 0.25) is 0 Å². The first kappa shape index (κ1) is 21.6. The maximum absolute atomic E-state index is 13.2. The average Bonchev–Trinajstić information content (AvgIpc) is 3.46. The van der Waals surface area contributed by atoms with Crippen molar-refractivity contribution in [2.75, 3.05) is 12.1 Å². The number of non-ortho nitro benzene ring substituents is 1. The van der Waals surface area contributed by atoms with E-state index in [4.69, 9.17) is 9.15 Å². The minimum Gasteiger partial charge on any atom is -0.497 e. The average molecular weight is 467 g/mol. The third-order valence-electron chi connectivity index (χ3n) is 4.35. The predicted octanol–water partition coefficient (Wildman–Crippen LogP) is 4.40. The van der Waals surface area contributed by atoms with E-state index in [1.807, 2.05) is 0 Å². The van der Waals surface area contributed by atoms with Gasteiger partial charge in [0.25, 0.3) is 11.6 Å². The molecule has 1 amide bonds. The maximum Gasteiger partial charge on any atom is 0.433 e. The Morgan fingerprint density at radius 2 is 1.97 bits per heavy atom. The number of carbonyl (C=O) groups is 1. The van der Waals surface area contributed by atoms with Gasteiger partial charge in [-0.15, -0.1) is 0 Å². The summed E-state index contributed by atoms with van der Waals surface area (Å²) < 4.78 is 11.0. The van der Waals surface area contributed by atoms with Crippen molar-refractivity contribution in [2.24, 2.45) is 5.10 Å². The fourth-order valence-electron chi connectivity index (χ4n) is 2.80. The molecule has 0 aliphatic heterocycles. The van der Waals surface area contributed by atoms with E-state index >= 15 is 0 Å². The van der Waals surface area contributed by atoms with E-state index in [0.717, 1.165) is 34.7 Å². The lowest BCUT2D eigenvalue weighted by Crippen LogP contribution is -2.25. The zero-order chi connectivity index (χ0) is 23.5. The topological polar surface area (TPSA) is 154 Å². The smallest absolute Gasteiger partial charge is 0.433 e. The second-order valence-corrected chi connectivity index (χ2v) is 7.44. The molecule has 0 N–H and O–H groups in total. The van der Waals surface area contributed by atoms with Crippen LogP contribution in [0.4, 0.5) is 16.7 Å². The molecule has 0 radical (unpaired) electrons. The number of aromatic nitrogens is 1. The minimum atomic E-state index is -0.704. The fourth-order valence-corrected chi connectivity index (χ4v) is 3.75. The first-order valence-corrected chi connectivity index (χ1v) is 9.99. The van der Waals surface area contributed by atoms with Crippen molar-refractivity contribution >= 4 is 50.4 Å². The van der Waals surface area contributed by atoms with E-state index in [1.54, 1.807) is 18.2 Å². The van der Waals surface area contributed by atoms with Gasteiger partial charge in [-0.1, -0.05) is 17.4 Å². The fraction of sp³-hybridized carbons (Fsp3) is 0.0500. The van der Waals surface area contributed by atoms with Crippen LogP contribution >= 0.6 is 11.3 Å². The summed E-state index contributed by atoms with van der Waals surface area (Å²) in [6.45, 7) is 0. The van der Waals surface area contributed by atoms with Crippen LogP contribution in [-0.4, -0.2) is 34.1 Å². The van der Waals surface area contributed by atoms with Crippen molar-refractivity contribution in [1.82, 2.24) is 4.98 Å². The molecule has 166 valence electrons. The number of rotatable bonds is 7. The molecule has 0 atom stereocenters. The van der Waals surface area contributed by atoms with Crippen LogP contribution in [0.15, 0.2) is 64.1 Å². The van der Waals surface area contributed by atoms with Crippen molar-refractivity contribution in [2.45, 2.75) is 0 Å². The highest BCUT2D eigenvalue weighted by molar-refractivity contribution is 7.22. The molecule has 0 aliphatic rings. The van der Waals surface area contributed by atoms with Crippen molar-refractivity contribution in [3.05, 3.63) is 86.1 Å². The number of anilines is 1. The number of amides is 1. The SMILES string of the molecule is COc1ccc2nc(N(/N=C/c3ccc([N+](=O)[O-])o3)C(=O)c3cccc([N+](=O)[O-])c3)sc2c1. The van der Waals surface area contributed by atoms with Crippen LogP contribution in [0.5, 0.6) is 5.75 Å². The third kappa shape index (κ3) is 4.52. The molecule has 2 aromatic carbocycles. The molecule has 4 aromatic rings. The second-order valence-electron chi connectivity index (χ2n) is 6.43. The number of benzene rings is 2. The Bertz CT molecular complexity index is 1410. The van der Waals surface area contributed by atoms with Gasteiger partial charge in [-0.05, 0) is 30.3 Å². The molecule has 2 aromatic heterocycles. The number of carbonyl (C=O) groups excluding carboxylic acids is 1. The molecule has 4 rings (SSSR count). The molecule has 0 saturated carbocycles. The summed E-state index contributed by atoms with van der Waals surface area (Å²) in [6.07, 6.45) is 1.12. The quantitative estimate of drug-likeness (QED) is 0.220. The van der Waals surface area contributed by atoms with E-state index < -0.39 is 21.6 Å². The number of hydrazone groups is 1. The molecule has 0 spiro atoms. The molecule has 0 fully saturated rings. The second kappa shape index (κ2) is 8.84. The van der Waals surface area contributed by atoms with Crippen LogP contribution in [-0.2, 0) is 0 Å². The number of hydrogen-bond acceptors (Lipinski definition) is 10. The van der Waals surface area contributed by atoms with Crippen molar-refractivity contribution in [1.29, 1.82) is 0 Å². The van der Waals surface area contributed by atoms with Crippen LogP contribution in [0.25, 0.3) is 10.2 Å². The summed E-state index contributed by atoms with van der Waals surface area (Å²) in [6, 6.07) is 12.8. The minimum absolute atomic E-state index is 0.00334. The van der Waals surface area contributed by atoms with Gasteiger partial charge >= 0.3 is 5.88 Å². The molecule has 0 bridgehead atoms. The van der Waals surface area contributed by atoms with E-state index in [9.17, 15) is 25.0 Å². The highest BCUT2D eigenvalue weighted by Gasteiger charge is 2.23. The Labute approximate surface area is 188 Å². The number of ether oxygens (including phenoxy) is 1. The lowest BCUT2D eigenvalue weighted by atomic mass is 10.2. The third-order valence-corrected chi connectivity index (χ3v) is 5.35. The first-order valence-electron chi connectivity index (χ1n) is 9.17. The summed E-state index contributed by atoms with van der Waals surface area (Å²) in [4.78, 5) is 38.3. The van der Waals surface area contributed by atoms with Gasteiger partial charge in [0.05, 0.1) is 34.5 Å². The van der Waals surface area contributed by atoms with Crippen LogP contribution in [0.1, 0.15) is 16.1 Å². The Balaban J connectivity index is 1.76. The Morgan fingerprint density at radius 1 is 1.15 bits per heavy atom. The molecule has 0 unspecified atom stereocenters. The lowest BCUT2D eigenvalue weighted by molar-refractivity contribution is -0.402. The number of hydrogen-bond donors (Lipinski definition) is 0. The lowest BCUT2D eigenvalue weighted by Gasteiger charge is -2.13. The summed E-state index contributed by atoms with van der Waals surface area (Å²) in [5, 5.41) is 27.2. The molecule has 0 aliphatic carbocycles. The molecule has 13 heteroatoms. The summed E-state index contributed by atoms with van der Waals surface area (Å²) in [5.41, 5.74) is 0.320. The van der Waals surface area contributed by atoms with Gasteiger partial charge in [-0.3, -0.25) is 25.0 Å². The normalized spacial score (nSPS) is 11.1. The largest absolute Gasteiger partial charge is 0.497 e. The maximum atomic E-state index is 13.2. The Hall–Kier alpha value is -4.65. The van der Waals surface area contributed by atoms with E-state index in [2.05, 4.69) is 10.1 Å². The van der Waals surface area contributed by atoms with Gasteiger partial charge in [0.2, 0.25) is 5.13 Å². The van der Waals surface area contributed by atoms with E-state index in [-0.39, 0.29) is 22.1 Å². The molecular weight excluding hydrogens is 454 g/mol. The van der Waals surface area contributed by atoms with Crippen LogP contribution in [0.3, 0.4) is 0 Å². The molecule has 2 heterocycles. The van der Waals surface area contributed by atoms with E-state index in [0.29, 0.717) is 16.0 Å². The highest BCUT2D eigenvalue weighted by atomic mass is 32.1. The Morgan fingerprint density at radius 3 is 2.67 bits per heavy atom. The van der Waals surface area contributed by atoms with Gasteiger partial charge in [0.15, 0.2) is 5.76 Å². The molecule has 0 saturated heterocycles. The first-order chi connectivity index (χ1) is 15.9. The molecular formula is C20H13N5O7S. The zero-order valence-corrected chi connectivity index (χ0v) is 17.6. The van der Waals surface area contributed by atoms with Gasteiger partial charge in [0.1, 0.15) is 10.7 Å². The van der Waals surface area contributed by atoms with Crippen LogP contribution in [0, 0.1) is 20.2 Å².